The Morgan fingerprint density at radius 1 is 1.07 bits per heavy atom. The van der Waals surface area contributed by atoms with Crippen molar-refractivity contribution in [2.45, 2.75) is 115 Å². The van der Waals surface area contributed by atoms with Gasteiger partial charge in [0.2, 0.25) is 5.78 Å². The molecule has 220 valence electrons. The molecule has 7 heteroatoms. The summed E-state index contributed by atoms with van der Waals surface area (Å²) in [6.07, 6.45) is 6.41. The van der Waals surface area contributed by atoms with Gasteiger partial charge < -0.3 is 24.1 Å². The average Bonchev–Trinajstić information content (AvgIpc) is 3.21. The summed E-state index contributed by atoms with van der Waals surface area (Å²) in [6.45, 7) is 18.0. The van der Waals surface area contributed by atoms with E-state index < -0.39 is 27.8 Å². The number of ketones is 2. The van der Waals surface area contributed by atoms with E-state index in [9.17, 15) is 14.7 Å². The molecule has 0 radical (unpaired) electrons. The third-order valence-corrected chi connectivity index (χ3v) is 10.4. The van der Waals surface area contributed by atoms with Crippen LogP contribution in [0.5, 0.6) is 17.2 Å². The fourth-order valence-corrected chi connectivity index (χ4v) is 7.98. The molecule has 2 fully saturated rings. The number of methoxy groups -OCH3 is 1. The highest BCUT2D eigenvalue weighted by Crippen LogP contribution is 2.70. The number of carbonyl (C=O) groups excluding carboxylic acids is 2. The molecule has 6 aliphatic rings. The van der Waals surface area contributed by atoms with Crippen LogP contribution in [-0.4, -0.2) is 52.3 Å². The van der Waals surface area contributed by atoms with E-state index in [0.717, 1.165) is 16.7 Å². The monoisotopic (exact) mass is 562 g/mol. The molecule has 1 spiro atoms. The number of Topliss-reactive ketones (excluding diaryl/α,β-unsaturated/α-hetero) is 2. The van der Waals surface area contributed by atoms with E-state index in [1.807, 2.05) is 60.6 Å². The summed E-state index contributed by atoms with van der Waals surface area (Å²) < 4.78 is 26.4. The first-order chi connectivity index (χ1) is 19.0. The van der Waals surface area contributed by atoms with Crippen molar-refractivity contribution in [3.8, 4) is 17.2 Å². The van der Waals surface area contributed by atoms with E-state index in [1.165, 1.54) is 7.11 Å². The summed E-state index contributed by atoms with van der Waals surface area (Å²) >= 11 is 0. The Morgan fingerprint density at radius 3 is 2.34 bits per heavy atom. The second kappa shape index (κ2) is 8.35. The Balaban J connectivity index is 1.71. The van der Waals surface area contributed by atoms with E-state index in [1.54, 1.807) is 6.08 Å². The van der Waals surface area contributed by atoms with Crippen LogP contribution in [0.3, 0.4) is 0 Å². The summed E-state index contributed by atoms with van der Waals surface area (Å²) in [5, 5.41) is 11.8. The van der Waals surface area contributed by atoms with Crippen LogP contribution in [0.2, 0.25) is 0 Å². The van der Waals surface area contributed by atoms with Crippen LogP contribution >= 0.6 is 0 Å². The molecular formula is C34H42O7. The lowest BCUT2D eigenvalue weighted by Crippen LogP contribution is -2.77. The van der Waals surface area contributed by atoms with Crippen molar-refractivity contribution in [3.63, 3.8) is 0 Å². The number of aromatic hydroxyl groups is 1. The Kier molecular flexibility index (Phi) is 5.75. The SMILES string of the molecule is COC12C=C3C(=O)c4c(O)c(CC=C(C)C)c5c(c4OC34C(C1)C(C)(C)OC4(CC=C(C)C)C2=O)C(C)(C)C(C)O5. The van der Waals surface area contributed by atoms with Crippen molar-refractivity contribution in [1.29, 1.82) is 0 Å². The maximum atomic E-state index is 14.8. The zero-order valence-electron chi connectivity index (χ0n) is 25.9. The van der Waals surface area contributed by atoms with Gasteiger partial charge >= 0.3 is 0 Å². The van der Waals surface area contributed by atoms with Crippen LogP contribution in [0.4, 0.5) is 0 Å². The Morgan fingerprint density at radius 2 is 1.73 bits per heavy atom. The Labute approximate surface area is 242 Å². The summed E-state index contributed by atoms with van der Waals surface area (Å²) in [5.41, 5.74) is -1.60. The van der Waals surface area contributed by atoms with Gasteiger partial charge in [-0.05, 0) is 67.4 Å². The number of ether oxygens (including phenoxy) is 4. The van der Waals surface area contributed by atoms with Crippen molar-refractivity contribution in [2.75, 3.05) is 7.11 Å². The van der Waals surface area contributed by atoms with Gasteiger partial charge in [-0.3, -0.25) is 9.59 Å². The molecule has 41 heavy (non-hydrogen) atoms. The molecule has 4 bridgehead atoms. The molecule has 1 saturated heterocycles. The number of allylic oxidation sites excluding steroid dienone is 3. The van der Waals surface area contributed by atoms with Gasteiger partial charge in [0.05, 0.1) is 5.60 Å². The van der Waals surface area contributed by atoms with Gasteiger partial charge in [0.1, 0.15) is 34.5 Å². The van der Waals surface area contributed by atoms with Crippen LogP contribution in [0, 0.1) is 5.92 Å². The maximum absolute atomic E-state index is 14.8. The van der Waals surface area contributed by atoms with E-state index in [-0.39, 0.29) is 41.3 Å². The highest BCUT2D eigenvalue weighted by Gasteiger charge is 2.84. The number of fused-ring (bicyclic) bond motifs is 3. The lowest BCUT2D eigenvalue weighted by atomic mass is 9.49. The molecule has 3 aliphatic carbocycles. The fourth-order valence-electron chi connectivity index (χ4n) is 7.98. The third-order valence-electron chi connectivity index (χ3n) is 10.4. The normalized spacial score (nSPS) is 34.6. The number of carbonyl (C=O) groups is 2. The summed E-state index contributed by atoms with van der Waals surface area (Å²) in [5.74, 6) is -0.197. The molecule has 3 aliphatic heterocycles. The van der Waals surface area contributed by atoms with E-state index in [0.29, 0.717) is 35.5 Å². The molecular weight excluding hydrogens is 520 g/mol. The van der Waals surface area contributed by atoms with Gasteiger partial charge in [-0.15, -0.1) is 0 Å². The zero-order chi connectivity index (χ0) is 30.1. The van der Waals surface area contributed by atoms with Crippen molar-refractivity contribution in [3.05, 3.63) is 51.6 Å². The first-order valence-corrected chi connectivity index (χ1v) is 14.6. The van der Waals surface area contributed by atoms with Gasteiger partial charge in [-0.2, -0.15) is 0 Å². The molecule has 3 heterocycles. The van der Waals surface area contributed by atoms with Gasteiger partial charge in [0, 0.05) is 41.6 Å². The molecule has 0 aromatic heterocycles. The summed E-state index contributed by atoms with van der Waals surface area (Å²) in [6, 6.07) is 0. The lowest BCUT2D eigenvalue weighted by Gasteiger charge is -2.59. The van der Waals surface area contributed by atoms with Gasteiger partial charge in [0.25, 0.3) is 0 Å². The van der Waals surface area contributed by atoms with Crippen LogP contribution in [0.15, 0.2) is 34.9 Å². The average molecular weight is 563 g/mol. The van der Waals surface area contributed by atoms with E-state index in [2.05, 4.69) is 13.8 Å². The highest BCUT2D eigenvalue weighted by atomic mass is 16.6. The third kappa shape index (κ3) is 3.22. The van der Waals surface area contributed by atoms with Crippen LogP contribution in [-0.2, 0) is 26.1 Å². The molecule has 7 nitrogen and oxygen atoms in total. The molecule has 5 unspecified atom stereocenters. The first-order valence-electron chi connectivity index (χ1n) is 14.6. The zero-order valence-corrected chi connectivity index (χ0v) is 25.9. The minimum atomic E-state index is -1.48. The number of benzene rings is 1. The van der Waals surface area contributed by atoms with E-state index in [4.69, 9.17) is 18.9 Å². The molecule has 1 aromatic carbocycles. The quantitative estimate of drug-likeness (QED) is 0.434. The van der Waals surface area contributed by atoms with Gasteiger partial charge in [-0.25, -0.2) is 0 Å². The Hall–Kier alpha value is -2.90. The fraction of sp³-hybridized carbons (Fsp3) is 0.588. The summed E-state index contributed by atoms with van der Waals surface area (Å²) in [4.78, 5) is 29.4. The van der Waals surface area contributed by atoms with Crippen molar-refractivity contribution < 1.29 is 33.6 Å². The molecule has 7 rings (SSSR count). The van der Waals surface area contributed by atoms with E-state index >= 15 is 0 Å². The van der Waals surface area contributed by atoms with Crippen LogP contribution < -0.4 is 9.47 Å². The second-order valence-corrected chi connectivity index (χ2v) is 14.1. The van der Waals surface area contributed by atoms with Crippen molar-refractivity contribution in [1.82, 2.24) is 0 Å². The minimum absolute atomic E-state index is 0.129. The van der Waals surface area contributed by atoms with Crippen LogP contribution in [0.1, 0.15) is 96.6 Å². The van der Waals surface area contributed by atoms with Gasteiger partial charge in [0.15, 0.2) is 17.0 Å². The molecule has 1 N–H and O–H groups in total. The largest absolute Gasteiger partial charge is 0.507 e. The first kappa shape index (κ1) is 28.2. The number of phenolic OH excluding ortho intramolecular Hbond substituents is 1. The molecule has 1 saturated carbocycles. The Bertz CT molecular complexity index is 1500. The molecule has 5 atom stereocenters. The minimum Gasteiger partial charge on any atom is -0.507 e. The topological polar surface area (TPSA) is 91.3 Å². The van der Waals surface area contributed by atoms with Gasteiger partial charge in [-0.1, -0.05) is 37.1 Å². The lowest BCUT2D eigenvalue weighted by molar-refractivity contribution is -0.190. The number of rotatable bonds is 5. The summed E-state index contributed by atoms with van der Waals surface area (Å²) in [7, 11) is 1.51. The van der Waals surface area contributed by atoms with Crippen molar-refractivity contribution >= 4 is 11.6 Å². The predicted octanol–water partition coefficient (Wildman–Crippen LogP) is 6.09. The van der Waals surface area contributed by atoms with Crippen LogP contribution in [0.25, 0.3) is 0 Å². The predicted molar refractivity (Wildman–Crippen MR) is 155 cm³/mol. The van der Waals surface area contributed by atoms with Crippen molar-refractivity contribution in [2.24, 2.45) is 5.92 Å². The highest BCUT2D eigenvalue weighted by molar-refractivity contribution is 6.20. The number of hydrogen-bond acceptors (Lipinski definition) is 7. The standard InChI is InChI=1S/C34H42O7/c1-17(2)11-12-20-25(35)23-26(36)21-15-32(38-10)16-22-31(8,9)41-33(29(32)37,14-13-18(3)4)34(21,22)40-28(23)24-27(20)39-19(5)30(24,6)7/h11,13,15,19,22,35H,12,14,16H2,1-10H3. The molecule has 1 aromatic rings. The smallest absolute Gasteiger partial charge is 0.205 e. The number of phenols is 1. The second-order valence-electron chi connectivity index (χ2n) is 14.1. The molecule has 0 amide bonds. The number of hydrogen-bond donors (Lipinski definition) is 1. The maximum Gasteiger partial charge on any atom is 0.205 e.